The first-order chi connectivity index (χ1) is 19.0. The maximum absolute atomic E-state index is 13.6. The Hall–Kier alpha value is -3.04. The quantitative estimate of drug-likeness (QED) is 0.263. The second kappa shape index (κ2) is 13.5. The Balaban J connectivity index is 1.92. The van der Waals surface area contributed by atoms with Gasteiger partial charge < -0.3 is 29.5 Å². The molecule has 220 valence electrons. The number of urea groups is 1. The van der Waals surface area contributed by atoms with Crippen molar-refractivity contribution in [3.8, 4) is 11.5 Å². The van der Waals surface area contributed by atoms with E-state index >= 15 is 0 Å². The van der Waals surface area contributed by atoms with Crippen molar-refractivity contribution in [3.05, 3.63) is 46.0 Å². The van der Waals surface area contributed by atoms with E-state index < -0.39 is 23.6 Å². The number of hydrogen-bond donors (Lipinski definition) is 2. The number of carbonyl (C=O) groups excluding carboxylic acids is 2. The van der Waals surface area contributed by atoms with E-state index in [1.165, 1.54) is 11.8 Å². The van der Waals surface area contributed by atoms with Gasteiger partial charge in [0.15, 0.2) is 11.5 Å². The summed E-state index contributed by atoms with van der Waals surface area (Å²) in [6, 6.07) is 0.476. The van der Waals surface area contributed by atoms with E-state index in [0.29, 0.717) is 36.7 Å². The Kier molecular flexibility index (Phi) is 10.7. The molecule has 10 heteroatoms. The minimum absolute atomic E-state index is 0.166. The number of ketones is 1. The number of aliphatic carboxylic acids is 1. The predicted molar refractivity (Wildman–Crippen MR) is 153 cm³/mol. The number of carbonyl (C=O) groups is 3. The van der Waals surface area contributed by atoms with Crippen molar-refractivity contribution < 1.29 is 33.7 Å². The van der Waals surface area contributed by atoms with Gasteiger partial charge in [-0.25, -0.2) is 9.59 Å². The lowest BCUT2D eigenvalue weighted by atomic mass is 9.96. The molecule has 1 fully saturated rings. The first-order valence-corrected chi connectivity index (χ1v) is 14.3. The van der Waals surface area contributed by atoms with Crippen LogP contribution in [0.4, 0.5) is 4.79 Å². The number of nitrogens with one attached hydrogen (secondary N) is 1. The molecule has 2 aliphatic carbocycles. The number of hydrogen-bond acceptors (Lipinski definition) is 6. The third kappa shape index (κ3) is 7.18. The van der Waals surface area contributed by atoms with Crippen LogP contribution in [0.25, 0.3) is 0 Å². The largest absolute Gasteiger partial charge is 0.493 e. The second-order valence-corrected chi connectivity index (χ2v) is 10.8. The second-order valence-electron chi connectivity index (χ2n) is 10.4. The van der Waals surface area contributed by atoms with E-state index in [2.05, 4.69) is 30.5 Å². The highest BCUT2D eigenvalue weighted by molar-refractivity contribution is 6.33. The molecule has 1 saturated carbocycles. The van der Waals surface area contributed by atoms with Gasteiger partial charge in [-0.1, -0.05) is 36.8 Å². The average Bonchev–Trinajstić information content (AvgIpc) is 3.69. The zero-order valence-corrected chi connectivity index (χ0v) is 25.0. The summed E-state index contributed by atoms with van der Waals surface area (Å²) in [7, 11) is 0. The summed E-state index contributed by atoms with van der Waals surface area (Å²) in [6.07, 6.45) is 7.87. The normalized spacial score (nSPS) is 18.8. The number of carboxylic acids is 1. The summed E-state index contributed by atoms with van der Waals surface area (Å²) < 4.78 is 17.7. The van der Waals surface area contributed by atoms with Crippen LogP contribution in [-0.4, -0.2) is 65.8 Å². The third-order valence-electron chi connectivity index (χ3n) is 7.35. The fourth-order valence-corrected chi connectivity index (χ4v) is 5.08. The van der Waals surface area contributed by atoms with Crippen LogP contribution in [0.15, 0.2) is 29.9 Å². The van der Waals surface area contributed by atoms with Crippen molar-refractivity contribution in [2.75, 3.05) is 26.4 Å². The molecule has 3 atom stereocenters. The number of halogens is 1. The van der Waals surface area contributed by atoms with Gasteiger partial charge in [0.2, 0.25) is 0 Å². The number of benzene rings is 1. The van der Waals surface area contributed by atoms with Gasteiger partial charge in [0.05, 0.1) is 37.0 Å². The van der Waals surface area contributed by atoms with Crippen LogP contribution in [0.1, 0.15) is 82.8 Å². The highest BCUT2D eigenvalue weighted by Gasteiger charge is 2.52. The van der Waals surface area contributed by atoms with Crippen molar-refractivity contribution in [1.82, 2.24) is 10.2 Å². The fraction of sp³-hybridized carbons (Fsp3) is 0.567. The molecule has 1 unspecified atom stereocenters. The highest BCUT2D eigenvalue weighted by atomic mass is 35.5. The summed E-state index contributed by atoms with van der Waals surface area (Å²) in [5, 5.41) is 12.6. The molecule has 0 spiro atoms. The van der Waals surface area contributed by atoms with E-state index in [1.54, 1.807) is 26.8 Å². The van der Waals surface area contributed by atoms with Gasteiger partial charge >= 0.3 is 12.0 Å². The number of ether oxygens (including phenoxy) is 3. The van der Waals surface area contributed by atoms with Gasteiger partial charge in [-0.3, -0.25) is 4.79 Å². The molecule has 0 saturated heterocycles. The molecule has 2 N–H and O–H groups in total. The fourth-order valence-electron chi connectivity index (χ4n) is 4.72. The van der Waals surface area contributed by atoms with Crippen LogP contribution >= 0.6 is 11.6 Å². The van der Waals surface area contributed by atoms with E-state index in [9.17, 15) is 19.5 Å². The molecule has 0 bridgehead atoms. The van der Waals surface area contributed by atoms with Crippen molar-refractivity contribution in [2.24, 2.45) is 5.92 Å². The van der Waals surface area contributed by atoms with Crippen LogP contribution in [0, 0.1) is 5.92 Å². The molecule has 0 aromatic heterocycles. The summed E-state index contributed by atoms with van der Waals surface area (Å²) in [4.78, 5) is 39.4. The molecule has 0 heterocycles. The Bertz CT molecular complexity index is 1180. The maximum atomic E-state index is 13.6. The molecular weight excluding hydrogens is 536 g/mol. The van der Waals surface area contributed by atoms with Crippen molar-refractivity contribution >= 4 is 29.4 Å². The van der Waals surface area contributed by atoms with Crippen molar-refractivity contribution in [1.29, 1.82) is 0 Å². The first-order valence-electron chi connectivity index (χ1n) is 13.9. The summed E-state index contributed by atoms with van der Waals surface area (Å²) in [5.41, 5.74) is 0.556. The molecule has 0 radical (unpaired) electrons. The van der Waals surface area contributed by atoms with Crippen LogP contribution in [0.3, 0.4) is 0 Å². The van der Waals surface area contributed by atoms with Crippen LogP contribution in [0.5, 0.6) is 11.5 Å². The monoisotopic (exact) mass is 576 g/mol. The molecule has 40 heavy (non-hydrogen) atoms. The summed E-state index contributed by atoms with van der Waals surface area (Å²) >= 11 is 6.81. The average molecular weight is 577 g/mol. The van der Waals surface area contributed by atoms with Gasteiger partial charge in [-0.05, 0) is 71.4 Å². The number of rotatable bonds is 14. The standard InChI is InChI=1S/C30H41ClN2O7/c1-7-38-24-17-23(26(31)27(39-8-2)25(24)20(5)34)19(4)33(29(37)32-30(13-14-30)28(35)36)15-16-40-21(6)22-11-9-18(3)10-12-22/h9,11-12,17-19,21H,7-8,10,13-16H2,1-6H3,(H,32,37)(H,35,36)/t18?,19-,21+/m1/s1. The Labute approximate surface area is 241 Å². The Morgan fingerprint density at radius 2 is 1.88 bits per heavy atom. The molecule has 2 amide bonds. The van der Waals surface area contributed by atoms with Gasteiger partial charge in [-0.15, -0.1) is 0 Å². The van der Waals surface area contributed by atoms with E-state index in [-0.39, 0.29) is 48.0 Å². The Morgan fingerprint density at radius 1 is 1.20 bits per heavy atom. The third-order valence-corrected chi connectivity index (χ3v) is 7.74. The molecule has 1 aromatic rings. The first kappa shape index (κ1) is 31.5. The lowest BCUT2D eigenvalue weighted by Gasteiger charge is -2.33. The molecule has 2 aliphatic rings. The van der Waals surface area contributed by atoms with E-state index in [0.717, 1.165) is 12.0 Å². The number of carboxylic acid groups (broad SMARTS) is 1. The minimum atomic E-state index is -1.27. The lowest BCUT2D eigenvalue weighted by Crippen LogP contribution is -2.51. The minimum Gasteiger partial charge on any atom is -0.493 e. The number of Topliss-reactive ketones (excluding diaryl/α,β-unsaturated/α-hetero) is 1. The maximum Gasteiger partial charge on any atom is 0.329 e. The SMILES string of the molecule is CCOc1cc([C@@H](C)N(CCO[C@@H](C)C2=CCC(C)C=C2)C(=O)NC2(C(=O)O)CC2)c(Cl)c(OCC)c1C(C)=O. The molecular formula is C30H41ClN2O7. The smallest absolute Gasteiger partial charge is 0.329 e. The van der Waals surface area contributed by atoms with Crippen molar-refractivity contribution in [2.45, 2.75) is 78.5 Å². The summed E-state index contributed by atoms with van der Waals surface area (Å²) in [6.45, 7) is 11.9. The zero-order valence-electron chi connectivity index (χ0n) is 24.2. The number of allylic oxidation sites excluding steroid dienone is 2. The zero-order chi connectivity index (χ0) is 29.6. The topological polar surface area (TPSA) is 114 Å². The van der Waals surface area contributed by atoms with Gasteiger partial charge in [-0.2, -0.15) is 0 Å². The number of nitrogens with zero attached hydrogens (tertiary/aromatic N) is 1. The summed E-state index contributed by atoms with van der Waals surface area (Å²) in [5.74, 6) is -0.330. The van der Waals surface area contributed by atoms with Gasteiger partial charge in [0.1, 0.15) is 16.9 Å². The lowest BCUT2D eigenvalue weighted by molar-refractivity contribution is -0.140. The van der Waals surface area contributed by atoms with E-state index in [4.69, 9.17) is 25.8 Å². The van der Waals surface area contributed by atoms with E-state index in [1.807, 2.05) is 6.92 Å². The Morgan fingerprint density at radius 3 is 2.40 bits per heavy atom. The predicted octanol–water partition coefficient (Wildman–Crippen LogP) is 5.96. The molecule has 0 aliphatic heterocycles. The molecule has 1 aromatic carbocycles. The van der Waals surface area contributed by atoms with Gasteiger partial charge in [0, 0.05) is 12.1 Å². The molecule has 3 rings (SSSR count). The van der Waals surface area contributed by atoms with Crippen LogP contribution in [0.2, 0.25) is 5.02 Å². The molecule has 9 nitrogen and oxygen atoms in total. The van der Waals surface area contributed by atoms with Crippen LogP contribution in [-0.2, 0) is 9.53 Å². The highest BCUT2D eigenvalue weighted by Crippen LogP contribution is 2.43. The van der Waals surface area contributed by atoms with Gasteiger partial charge in [0.25, 0.3) is 0 Å². The van der Waals surface area contributed by atoms with Crippen LogP contribution < -0.4 is 14.8 Å². The number of amides is 2. The van der Waals surface area contributed by atoms with Crippen molar-refractivity contribution in [3.63, 3.8) is 0 Å².